The van der Waals surface area contributed by atoms with E-state index in [1.54, 1.807) is 13.8 Å². The number of rotatable bonds is 9. The van der Waals surface area contributed by atoms with Crippen molar-refractivity contribution in [3.63, 3.8) is 0 Å². The number of carbonyl (C=O) groups is 1. The summed E-state index contributed by atoms with van der Waals surface area (Å²) in [6, 6.07) is 3.82. The second kappa shape index (κ2) is 9.22. The van der Waals surface area contributed by atoms with Crippen LogP contribution in [0.3, 0.4) is 0 Å². The lowest BCUT2D eigenvalue weighted by Gasteiger charge is -2.12. The maximum atomic E-state index is 12.2. The van der Waals surface area contributed by atoms with Gasteiger partial charge in [-0.25, -0.2) is 13.1 Å². The molecule has 0 saturated carbocycles. The van der Waals surface area contributed by atoms with Gasteiger partial charge in [-0.1, -0.05) is 11.6 Å². The van der Waals surface area contributed by atoms with Crippen molar-refractivity contribution in [3.8, 4) is 0 Å². The lowest BCUT2D eigenvalue weighted by Crippen LogP contribution is -2.31. The van der Waals surface area contributed by atoms with Crippen molar-refractivity contribution in [1.29, 1.82) is 0 Å². The summed E-state index contributed by atoms with van der Waals surface area (Å²) >= 11 is 6.01. The van der Waals surface area contributed by atoms with Gasteiger partial charge in [0.05, 0.1) is 15.5 Å². The van der Waals surface area contributed by atoms with Crippen molar-refractivity contribution < 1.29 is 17.9 Å². The molecule has 1 aromatic carbocycles. The number of ether oxygens (including phenoxy) is 1. The maximum Gasteiger partial charge on any atom is 0.252 e. The third kappa shape index (κ3) is 6.47. The Balaban J connectivity index is 2.83. The first-order valence-electron chi connectivity index (χ1n) is 7.45. The molecule has 0 saturated heterocycles. The summed E-state index contributed by atoms with van der Waals surface area (Å²) in [6.07, 6.45) is 0.671. The first kappa shape index (κ1) is 19.9. The molecule has 0 heterocycles. The van der Waals surface area contributed by atoms with Crippen LogP contribution in [0.15, 0.2) is 23.1 Å². The van der Waals surface area contributed by atoms with Crippen LogP contribution < -0.4 is 10.0 Å². The molecule has 0 atom stereocenters. The highest BCUT2D eigenvalue weighted by molar-refractivity contribution is 7.89. The summed E-state index contributed by atoms with van der Waals surface area (Å²) in [5.41, 5.74) is 0.134. The van der Waals surface area contributed by atoms with E-state index in [1.165, 1.54) is 18.2 Å². The summed E-state index contributed by atoms with van der Waals surface area (Å²) in [7, 11) is -3.67. The van der Waals surface area contributed by atoms with E-state index in [0.717, 1.165) is 0 Å². The molecule has 1 amide bonds. The van der Waals surface area contributed by atoms with Crippen molar-refractivity contribution in [2.24, 2.45) is 0 Å². The zero-order chi connectivity index (χ0) is 17.5. The molecular formula is C15H23ClN2O4S. The molecule has 1 rings (SSSR count). The molecule has 0 aliphatic rings. The van der Waals surface area contributed by atoms with Crippen LogP contribution >= 0.6 is 11.6 Å². The second-order valence-corrected chi connectivity index (χ2v) is 7.35. The number of hydrogen-bond acceptors (Lipinski definition) is 4. The summed E-state index contributed by atoms with van der Waals surface area (Å²) in [5, 5.41) is 2.90. The number of hydrogen-bond donors (Lipinski definition) is 2. The molecule has 8 heteroatoms. The normalized spacial score (nSPS) is 11.7. The fourth-order valence-electron chi connectivity index (χ4n) is 1.84. The van der Waals surface area contributed by atoms with Gasteiger partial charge in [0.15, 0.2) is 0 Å². The Kier molecular flexibility index (Phi) is 7.98. The van der Waals surface area contributed by atoms with E-state index in [4.69, 9.17) is 16.3 Å². The van der Waals surface area contributed by atoms with Gasteiger partial charge >= 0.3 is 0 Å². The molecule has 23 heavy (non-hydrogen) atoms. The minimum absolute atomic E-state index is 0.00932. The van der Waals surface area contributed by atoms with E-state index in [2.05, 4.69) is 10.0 Å². The number of carbonyl (C=O) groups excluding carboxylic acids is 1. The van der Waals surface area contributed by atoms with E-state index in [9.17, 15) is 13.2 Å². The van der Waals surface area contributed by atoms with Crippen molar-refractivity contribution in [3.05, 3.63) is 28.8 Å². The molecule has 0 spiro atoms. The molecule has 0 fully saturated rings. The molecule has 2 N–H and O–H groups in total. The number of halogens is 1. The second-order valence-electron chi connectivity index (χ2n) is 5.22. The Morgan fingerprint density at radius 3 is 2.65 bits per heavy atom. The van der Waals surface area contributed by atoms with Crippen LogP contribution in [0.2, 0.25) is 5.02 Å². The summed E-state index contributed by atoms with van der Waals surface area (Å²) in [5.74, 6) is -0.409. The number of benzene rings is 1. The first-order valence-corrected chi connectivity index (χ1v) is 9.32. The van der Waals surface area contributed by atoms with Crippen LogP contribution in [-0.4, -0.2) is 40.1 Å². The van der Waals surface area contributed by atoms with Gasteiger partial charge < -0.3 is 10.1 Å². The van der Waals surface area contributed by atoms with Crippen LogP contribution in [0.1, 0.15) is 37.6 Å². The molecule has 0 unspecified atom stereocenters. The smallest absolute Gasteiger partial charge is 0.252 e. The monoisotopic (exact) mass is 362 g/mol. The minimum atomic E-state index is -3.67. The van der Waals surface area contributed by atoms with Crippen LogP contribution in [0.25, 0.3) is 0 Å². The highest BCUT2D eigenvalue weighted by Gasteiger charge is 2.19. The topological polar surface area (TPSA) is 84.5 Å². The van der Waals surface area contributed by atoms with Gasteiger partial charge in [0.25, 0.3) is 5.91 Å². The van der Waals surface area contributed by atoms with Gasteiger partial charge in [0, 0.05) is 25.8 Å². The van der Waals surface area contributed by atoms with Crippen molar-refractivity contribution in [2.45, 2.75) is 38.1 Å². The summed E-state index contributed by atoms with van der Waals surface area (Å²) in [4.78, 5) is 12.2. The van der Waals surface area contributed by atoms with Gasteiger partial charge in [0.1, 0.15) is 0 Å². The molecule has 0 radical (unpaired) electrons. The Morgan fingerprint density at radius 1 is 1.35 bits per heavy atom. The lowest BCUT2D eigenvalue weighted by atomic mass is 10.2. The lowest BCUT2D eigenvalue weighted by molar-refractivity contribution is 0.0944. The highest BCUT2D eigenvalue weighted by atomic mass is 35.5. The first-order chi connectivity index (χ1) is 10.8. The SMILES string of the molecule is CCOCCCNC(=O)c1cc(S(=O)(=O)NC(C)C)ccc1Cl. The van der Waals surface area contributed by atoms with Crippen molar-refractivity contribution in [2.75, 3.05) is 19.8 Å². The van der Waals surface area contributed by atoms with Crippen LogP contribution in [0, 0.1) is 0 Å². The van der Waals surface area contributed by atoms with E-state index in [0.29, 0.717) is 26.2 Å². The molecule has 0 aliphatic carbocycles. The minimum Gasteiger partial charge on any atom is -0.382 e. The molecule has 130 valence electrons. The molecule has 1 aromatic rings. The van der Waals surface area contributed by atoms with Crippen molar-refractivity contribution >= 4 is 27.5 Å². The molecular weight excluding hydrogens is 340 g/mol. The quantitative estimate of drug-likeness (QED) is 0.659. The van der Waals surface area contributed by atoms with E-state index < -0.39 is 15.9 Å². The van der Waals surface area contributed by atoms with Gasteiger partial charge in [0.2, 0.25) is 10.0 Å². The number of nitrogens with one attached hydrogen (secondary N) is 2. The van der Waals surface area contributed by atoms with Crippen LogP contribution in [-0.2, 0) is 14.8 Å². The highest BCUT2D eigenvalue weighted by Crippen LogP contribution is 2.20. The fraction of sp³-hybridized carbons (Fsp3) is 0.533. The predicted octanol–water partition coefficient (Wildman–Crippen LogP) is 2.18. The Morgan fingerprint density at radius 2 is 2.04 bits per heavy atom. The Labute approximate surface area is 142 Å². The van der Waals surface area contributed by atoms with Gasteiger partial charge in [-0.3, -0.25) is 4.79 Å². The van der Waals surface area contributed by atoms with Crippen LogP contribution in [0.5, 0.6) is 0 Å². The van der Waals surface area contributed by atoms with E-state index in [1.807, 2.05) is 6.92 Å². The molecule has 0 bridgehead atoms. The van der Waals surface area contributed by atoms with Crippen LogP contribution in [0.4, 0.5) is 0 Å². The summed E-state index contributed by atoms with van der Waals surface area (Å²) in [6.45, 7) is 6.95. The van der Waals surface area contributed by atoms with Gasteiger partial charge in [-0.2, -0.15) is 0 Å². The standard InChI is InChI=1S/C15H23ClN2O4S/c1-4-22-9-5-8-17-15(19)13-10-12(6-7-14(13)16)23(20,21)18-11(2)3/h6-7,10-11,18H,4-5,8-9H2,1-3H3,(H,17,19). The van der Waals surface area contributed by atoms with Gasteiger partial charge in [-0.05, 0) is 45.4 Å². The largest absolute Gasteiger partial charge is 0.382 e. The van der Waals surface area contributed by atoms with Crippen molar-refractivity contribution in [1.82, 2.24) is 10.0 Å². The Bertz CT molecular complexity index is 632. The summed E-state index contributed by atoms with van der Waals surface area (Å²) < 4.78 is 32.0. The average Bonchev–Trinajstić information content (AvgIpc) is 2.45. The molecule has 0 aromatic heterocycles. The Hall–Kier alpha value is -1.15. The third-order valence-electron chi connectivity index (χ3n) is 2.84. The zero-order valence-electron chi connectivity index (χ0n) is 13.6. The molecule has 0 aliphatic heterocycles. The van der Waals surface area contributed by atoms with E-state index in [-0.39, 0.29) is 21.5 Å². The zero-order valence-corrected chi connectivity index (χ0v) is 15.1. The fourth-order valence-corrected chi connectivity index (χ4v) is 3.32. The predicted molar refractivity (Wildman–Crippen MR) is 90.4 cm³/mol. The third-order valence-corrected chi connectivity index (χ3v) is 4.82. The number of amides is 1. The average molecular weight is 363 g/mol. The number of sulfonamides is 1. The van der Waals surface area contributed by atoms with E-state index >= 15 is 0 Å². The maximum absolute atomic E-state index is 12.2. The van der Waals surface area contributed by atoms with Gasteiger partial charge in [-0.15, -0.1) is 0 Å². The molecule has 6 nitrogen and oxygen atoms in total.